The molecule has 0 bridgehead atoms. The summed E-state index contributed by atoms with van der Waals surface area (Å²) in [5, 5.41) is 10.1. The summed E-state index contributed by atoms with van der Waals surface area (Å²) in [6.07, 6.45) is 0.726. The molecular weight excluding hydrogens is 254 g/mol. The summed E-state index contributed by atoms with van der Waals surface area (Å²) >= 11 is 0. The lowest BCUT2D eigenvalue weighted by atomic mass is 10.1. The number of aryl methyl sites for hydroxylation is 2. The van der Waals surface area contributed by atoms with Gasteiger partial charge in [0.05, 0.1) is 5.69 Å². The second-order valence-corrected chi connectivity index (χ2v) is 5.08. The number of benzene rings is 1. The number of anilines is 1. The van der Waals surface area contributed by atoms with Gasteiger partial charge in [0.15, 0.2) is 0 Å². The number of hydrogen-bond donors (Lipinski definition) is 2. The van der Waals surface area contributed by atoms with Gasteiger partial charge < -0.3 is 15.2 Å². The van der Waals surface area contributed by atoms with Crippen molar-refractivity contribution in [3.63, 3.8) is 0 Å². The summed E-state index contributed by atoms with van der Waals surface area (Å²) in [5.41, 5.74) is 4.01. The molecule has 0 spiro atoms. The van der Waals surface area contributed by atoms with Crippen LogP contribution in [0, 0.1) is 13.8 Å². The van der Waals surface area contributed by atoms with E-state index in [9.17, 15) is 4.79 Å². The predicted molar refractivity (Wildman–Crippen MR) is 75.4 cm³/mol. The number of nitrogens with one attached hydrogen (secondary N) is 2. The van der Waals surface area contributed by atoms with Gasteiger partial charge in [-0.05, 0) is 25.5 Å². The number of nitrogens with zero attached hydrogens (tertiary/aromatic N) is 1. The van der Waals surface area contributed by atoms with E-state index in [1.54, 1.807) is 0 Å². The van der Waals surface area contributed by atoms with Crippen molar-refractivity contribution in [2.75, 3.05) is 5.32 Å². The molecule has 104 valence electrons. The summed E-state index contributed by atoms with van der Waals surface area (Å²) in [6, 6.07) is 7.80. The van der Waals surface area contributed by atoms with Crippen LogP contribution in [0.15, 0.2) is 28.8 Å². The molecular formula is C15H17N3O2. The van der Waals surface area contributed by atoms with E-state index >= 15 is 0 Å². The normalized spacial score (nSPS) is 16.6. The molecule has 1 aliphatic rings. The Morgan fingerprint density at radius 3 is 2.95 bits per heavy atom. The molecule has 0 fully saturated rings. The van der Waals surface area contributed by atoms with Crippen molar-refractivity contribution >= 4 is 11.6 Å². The maximum Gasteiger partial charge on any atom is 0.243 e. The van der Waals surface area contributed by atoms with Crippen molar-refractivity contribution in [3.05, 3.63) is 46.8 Å². The van der Waals surface area contributed by atoms with Crippen LogP contribution in [0.25, 0.3) is 0 Å². The molecule has 1 aliphatic heterocycles. The van der Waals surface area contributed by atoms with Crippen molar-refractivity contribution in [2.45, 2.75) is 32.9 Å². The van der Waals surface area contributed by atoms with Crippen LogP contribution in [-0.2, 0) is 17.8 Å². The number of para-hydroxylation sites is 1. The maximum absolute atomic E-state index is 12.2. The third kappa shape index (κ3) is 2.27. The number of aromatic nitrogens is 1. The zero-order valence-corrected chi connectivity index (χ0v) is 11.6. The minimum atomic E-state index is -0.201. The Kier molecular flexibility index (Phi) is 3.18. The third-order valence-electron chi connectivity index (χ3n) is 3.71. The van der Waals surface area contributed by atoms with Crippen LogP contribution in [-0.4, -0.2) is 17.1 Å². The Labute approximate surface area is 117 Å². The molecule has 0 radical (unpaired) electrons. The second kappa shape index (κ2) is 5.00. The van der Waals surface area contributed by atoms with Gasteiger partial charge in [0.2, 0.25) is 5.91 Å². The van der Waals surface area contributed by atoms with Crippen molar-refractivity contribution in [2.24, 2.45) is 0 Å². The van der Waals surface area contributed by atoms with Crippen LogP contribution in [0.3, 0.4) is 0 Å². The highest BCUT2D eigenvalue weighted by Gasteiger charge is 2.26. The SMILES string of the molecule is Cc1noc(C)c1CNC(=O)C1Cc2ccccc2N1. The first-order valence-corrected chi connectivity index (χ1v) is 6.69. The molecule has 5 heteroatoms. The van der Waals surface area contributed by atoms with Crippen molar-refractivity contribution in [1.29, 1.82) is 0 Å². The summed E-state index contributed by atoms with van der Waals surface area (Å²) in [5.74, 6) is 0.756. The fraction of sp³-hybridized carbons (Fsp3) is 0.333. The van der Waals surface area contributed by atoms with E-state index in [4.69, 9.17) is 4.52 Å². The Hall–Kier alpha value is -2.30. The molecule has 2 heterocycles. The first-order valence-electron chi connectivity index (χ1n) is 6.69. The summed E-state index contributed by atoms with van der Waals surface area (Å²) in [4.78, 5) is 12.2. The van der Waals surface area contributed by atoms with Gasteiger partial charge in [0.1, 0.15) is 11.8 Å². The van der Waals surface area contributed by atoms with Gasteiger partial charge >= 0.3 is 0 Å². The average Bonchev–Trinajstić information content (AvgIpc) is 3.01. The zero-order valence-electron chi connectivity index (χ0n) is 11.6. The summed E-state index contributed by atoms with van der Waals surface area (Å²) in [7, 11) is 0. The Morgan fingerprint density at radius 1 is 1.45 bits per heavy atom. The number of amides is 1. The lowest BCUT2D eigenvalue weighted by Crippen LogP contribution is -2.38. The van der Waals surface area contributed by atoms with Crippen molar-refractivity contribution in [3.8, 4) is 0 Å². The van der Waals surface area contributed by atoms with E-state index in [-0.39, 0.29) is 11.9 Å². The Balaban J connectivity index is 1.62. The first-order chi connectivity index (χ1) is 9.65. The molecule has 2 N–H and O–H groups in total. The average molecular weight is 271 g/mol. The molecule has 5 nitrogen and oxygen atoms in total. The van der Waals surface area contributed by atoms with Crippen LogP contribution < -0.4 is 10.6 Å². The molecule has 0 saturated heterocycles. The van der Waals surface area contributed by atoms with Gasteiger partial charge in [-0.15, -0.1) is 0 Å². The summed E-state index contributed by atoms with van der Waals surface area (Å²) < 4.78 is 5.09. The molecule has 0 aliphatic carbocycles. The van der Waals surface area contributed by atoms with Crippen LogP contribution >= 0.6 is 0 Å². The molecule has 1 aromatic carbocycles. The highest BCUT2D eigenvalue weighted by atomic mass is 16.5. The van der Waals surface area contributed by atoms with Gasteiger partial charge in [0, 0.05) is 24.2 Å². The number of carbonyl (C=O) groups is 1. The lowest BCUT2D eigenvalue weighted by Gasteiger charge is -2.11. The molecule has 3 rings (SSSR count). The smallest absolute Gasteiger partial charge is 0.243 e. The molecule has 1 unspecified atom stereocenters. The van der Waals surface area contributed by atoms with Crippen molar-refractivity contribution in [1.82, 2.24) is 10.5 Å². The topological polar surface area (TPSA) is 67.2 Å². The monoisotopic (exact) mass is 271 g/mol. The summed E-state index contributed by atoms with van der Waals surface area (Å²) in [6.45, 7) is 4.18. The fourth-order valence-corrected chi connectivity index (χ4v) is 2.51. The third-order valence-corrected chi connectivity index (χ3v) is 3.71. The first kappa shape index (κ1) is 12.7. The second-order valence-electron chi connectivity index (χ2n) is 5.08. The van der Waals surface area contributed by atoms with E-state index in [0.29, 0.717) is 6.54 Å². The lowest BCUT2D eigenvalue weighted by molar-refractivity contribution is -0.121. The van der Waals surface area contributed by atoms with Gasteiger partial charge in [-0.25, -0.2) is 0 Å². The molecule has 2 aromatic rings. The molecule has 0 saturated carbocycles. The highest BCUT2D eigenvalue weighted by Crippen LogP contribution is 2.25. The van der Waals surface area contributed by atoms with E-state index in [0.717, 1.165) is 29.1 Å². The molecule has 20 heavy (non-hydrogen) atoms. The standard InChI is InChI=1S/C15H17N3O2/c1-9-12(10(2)20-18-9)8-16-15(19)14-7-11-5-3-4-6-13(11)17-14/h3-6,14,17H,7-8H2,1-2H3,(H,16,19). The highest BCUT2D eigenvalue weighted by molar-refractivity contribution is 5.87. The van der Waals surface area contributed by atoms with Gasteiger partial charge in [0.25, 0.3) is 0 Å². The van der Waals surface area contributed by atoms with Crippen LogP contribution in [0.4, 0.5) is 5.69 Å². The Bertz CT molecular complexity index is 604. The van der Waals surface area contributed by atoms with Gasteiger partial charge in [-0.2, -0.15) is 0 Å². The van der Waals surface area contributed by atoms with Crippen LogP contribution in [0.1, 0.15) is 22.6 Å². The predicted octanol–water partition coefficient (Wildman–Crippen LogP) is 1.94. The quantitative estimate of drug-likeness (QED) is 0.895. The molecule has 1 atom stereocenters. The number of carbonyl (C=O) groups excluding carboxylic acids is 1. The molecule has 1 aromatic heterocycles. The zero-order chi connectivity index (χ0) is 14.1. The van der Waals surface area contributed by atoms with Crippen molar-refractivity contribution < 1.29 is 9.32 Å². The minimum absolute atomic E-state index is 0.00111. The number of fused-ring (bicyclic) bond motifs is 1. The Morgan fingerprint density at radius 2 is 2.25 bits per heavy atom. The largest absolute Gasteiger partial charge is 0.373 e. The number of hydrogen-bond acceptors (Lipinski definition) is 4. The maximum atomic E-state index is 12.2. The van der Waals surface area contributed by atoms with E-state index in [1.165, 1.54) is 5.56 Å². The fourth-order valence-electron chi connectivity index (χ4n) is 2.51. The van der Waals surface area contributed by atoms with E-state index < -0.39 is 0 Å². The van der Waals surface area contributed by atoms with Crippen LogP contribution in [0.5, 0.6) is 0 Å². The van der Waals surface area contributed by atoms with E-state index in [2.05, 4.69) is 15.8 Å². The van der Waals surface area contributed by atoms with Gasteiger partial charge in [-0.3, -0.25) is 4.79 Å². The number of rotatable bonds is 3. The van der Waals surface area contributed by atoms with Gasteiger partial charge in [-0.1, -0.05) is 23.4 Å². The van der Waals surface area contributed by atoms with Crippen LogP contribution in [0.2, 0.25) is 0 Å². The molecule has 1 amide bonds. The van der Waals surface area contributed by atoms with E-state index in [1.807, 2.05) is 38.1 Å². The minimum Gasteiger partial charge on any atom is -0.373 e.